The van der Waals surface area contributed by atoms with Crippen LogP contribution in [0.15, 0.2) is 35.7 Å². The summed E-state index contributed by atoms with van der Waals surface area (Å²) in [4.78, 5) is 27.1. The van der Waals surface area contributed by atoms with Crippen molar-refractivity contribution < 1.29 is 19.1 Å². The van der Waals surface area contributed by atoms with Crippen LogP contribution in [-0.2, 0) is 9.47 Å². The van der Waals surface area contributed by atoms with Crippen LogP contribution in [0.5, 0.6) is 0 Å². The first kappa shape index (κ1) is 21.5. The third-order valence-electron chi connectivity index (χ3n) is 4.36. The molecule has 1 aromatic carbocycles. The fraction of sp³-hybridized carbons (Fsp3) is 0.429. The average Bonchev–Trinajstić information content (AvgIpc) is 3.09. The van der Waals surface area contributed by atoms with Gasteiger partial charge in [-0.3, -0.25) is 5.32 Å². The fourth-order valence-electron chi connectivity index (χ4n) is 3.03. The predicted octanol–water partition coefficient (Wildman–Crippen LogP) is 6.02. The van der Waals surface area contributed by atoms with E-state index in [2.05, 4.69) is 5.32 Å². The second kappa shape index (κ2) is 9.05. The highest BCUT2D eigenvalue weighted by atomic mass is 35.5. The van der Waals surface area contributed by atoms with E-state index >= 15 is 0 Å². The summed E-state index contributed by atoms with van der Waals surface area (Å²) in [7, 11) is 0. The van der Waals surface area contributed by atoms with Gasteiger partial charge in [0.2, 0.25) is 0 Å². The Kier molecular flexibility index (Phi) is 6.70. The van der Waals surface area contributed by atoms with Crippen LogP contribution in [0.3, 0.4) is 0 Å². The molecule has 0 unspecified atom stereocenters. The number of amides is 2. The first-order valence-electron chi connectivity index (χ1n) is 9.50. The van der Waals surface area contributed by atoms with E-state index in [4.69, 9.17) is 21.1 Å². The number of nitrogens with one attached hydrogen (secondary N) is 1. The Morgan fingerprint density at radius 2 is 1.93 bits per heavy atom. The van der Waals surface area contributed by atoms with Crippen molar-refractivity contribution in [2.24, 2.45) is 0 Å². The van der Waals surface area contributed by atoms with Gasteiger partial charge in [-0.25, -0.2) is 9.59 Å². The number of thiophene rings is 1. The molecule has 0 radical (unpaired) electrons. The summed E-state index contributed by atoms with van der Waals surface area (Å²) in [6.45, 7) is 6.52. The Hall–Kier alpha value is -2.25. The molecule has 1 N–H and O–H groups in total. The van der Waals surface area contributed by atoms with Crippen molar-refractivity contribution in [1.82, 2.24) is 4.90 Å². The molecular weight excluding hydrogens is 412 g/mol. The molecule has 1 aliphatic rings. The van der Waals surface area contributed by atoms with Crippen molar-refractivity contribution in [3.8, 4) is 10.4 Å². The largest absolute Gasteiger partial charge is 0.446 e. The van der Waals surface area contributed by atoms with Crippen molar-refractivity contribution in [1.29, 1.82) is 0 Å². The summed E-state index contributed by atoms with van der Waals surface area (Å²) >= 11 is 7.59. The maximum atomic E-state index is 12.4. The molecule has 3 rings (SSSR count). The summed E-state index contributed by atoms with van der Waals surface area (Å²) in [5.74, 6) is 0. The number of ether oxygens (including phenoxy) is 2. The molecule has 1 saturated heterocycles. The SMILES string of the molecule is CC(C)(C)OC(=O)N1CCC(OC(=O)Nc2ccsc2-c2cccc(Cl)c2)CC1. The Bertz CT molecular complexity index is 870. The van der Waals surface area contributed by atoms with E-state index in [0.717, 1.165) is 10.4 Å². The molecule has 1 aliphatic heterocycles. The van der Waals surface area contributed by atoms with E-state index in [0.29, 0.717) is 36.6 Å². The molecule has 8 heteroatoms. The number of hydrogen-bond acceptors (Lipinski definition) is 5. The normalized spacial score (nSPS) is 15.1. The highest BCUT2D eigenvalue weighted by Crippen LogP contribution is 2.35. The van der Waals surface area contributed by atoms with Crippen LogP contribution in [0.1, 0.15) is 33.6 Å². The van der Waals surface area contributed by atoms with Crippen LogP contribution >= 0.6 is 22.9 Å². The Balaban J connectivity index is 1.52. The van der Waals surface area contributed by atoms with E-state index in [-0.39, 0.29) is 12.2 Å². The standard InChI is InChI=1S/C21H25ClN2O4S/c1-21(2,3)28-20(26)24-10-7-16(8-11-24)27-19(25)23-17-9-12-29-18(17)14-5-4-6-15(22)13-14/h4-6,9,12-13,16H,7-8,10-11H2,1-3H3,(H,23,25). The molecule has 0 atom stereocenters. The zero-order valence-electron chi connectivity index (χ0n) is 16.7. The molecule has 2 heterocycles. The summed E-state index contributed by atoms with van der Waals surface area (Å²) in [6.07, 6.45) is 0.101. The van der Waals surface area contributed by atoms with Gasteiger partial charge in [-0.1, -0.05) is 23.7 Å². The molecule has 0 spiro atoms. The fourth-order valence-corrected chi connectivity index (χ4v) is 4.07. The lowest BCUT2D eigenvalue weighted by Gasteiger charge is -2.33. The molecule has 2 amide bonds. The lowest BCUT2D eigenvalue weighted by Crippen LogP contribution is -2.44. The maximum Gasteiger partial charge on any atom is 0.411 e. The topological polar surface area (TPSA) is 67.9 Å². The molecule has 156 valence electrons. The average molecular weight is 437 g/mol. The van der Waals surface area contributed by atoms with Gasteiger partial charge in [-0.15, -0.1) is 11.3 Å². The number of benzene rings is 1. The van der Waals surface area contributed by atoms with Crippen molar-refractivity contribution in [3.63, 3.8) is 0 Å². The van der Waals surface area contributed by atoms with Gasteiger partial charge >= 0.3 is 12.2 Å². The molecule has 29 heavy (non-hydrogen) atoms. The second-order valence-corrected chi connectivity index (χ2v) is 9.22. The number of nitrogens with zero attached hydrogens (tertiary/aromatic N) is 1. The minimum absolute atomic E-state index is 0.234. The molecular formula is C21H25ClN2O4S. The van der Waals surface area contributed by atoms with Gasteiger partial charge in [-0.2, -0.15) is 0 Å². The molecule has 0 aliphatic carbocycles. The maximum absolute atomic E-state index is 12.4. The van der Waals surface area contributed by atoms with Gasteiger partial charge in [0.15, 0.2) is 0 Å². The highest BCUT2D eigenvalue weighted by molar-refractivity contribution is 7.14. The number of rotatable bonds is 3. The van der Waals surface area contributed by atoms with Crippen molar-refractivity contribution in [2.45, 2.75) is 45.3 Å². The van der Waals surface area contributed by atoms with Crippen LogP contribution in [0.25, 0.3) is 10.4 Å². The molecule has 1 fully saturated rings. The van der Waals surface area contributed by atoms with Gasteiger partial charge in [-0.05, 0) is 49.9 Å². The lowest BCUT2D eigenvalue weighted by atomic mass is 10.1. The molecule has 1 aromatic heterocycles. The monoisotopic (exact) mass is 436 g/mol. The Morgan fingerprint density at radius 3 is 2.59 bits per heavy atom. The van der Waals surface area contributed by atoms with Crippen molar-refractivity contribution in [2.75, 3.05) is 18.4 Å². The third kappa shape index (κ3) is 6.11. The Morgan fingerprint density at radius 1 is 1.21 bits per heavy atom. The quantitative estimate of drug-likeness (QED) is 0.639. The first-order valence-corrected chi connectivity index (χ1v) is 10.8. The zero-order valence-corrected chi connectivity index (χ0v) is 18.3. The van der Waals surface area contributed by atoms with Gasteiger partial charge in [0, 0.05) is 31.0 Å². The van der Waals surface area contributed by atoms with E-state index < -0.39 is 11.7 Å². The molecule has 0 bridgehead atoms. The van der Waals surface area contributed by atoms with E-state index in [1.807, 2.05) is 56.5 Å². The summed E-state index contributed by atoms with van der Waals surface area (Å²) < 4.78 is 10.9. The number of likely N-dealkylation sites (tertiary alicyclic amines) is 1. The Labute approximate surface area is 179 Å². The number of piperidine rings is 1. The van der Waals surface area contributed by atoms with Crippen LogP contribution in [0.4, 0.5) is 15.3 Å². The number of halogens is 1. The van der Waals surface area contributed by atoms with Crippen molar-refractivity contribution >= 4 is 40.8 Å². The van der Waals surface area contributed by atoms with Crippen LogP contribution < -0.4 is 5.32 Å². The first-order chi connectivity index (χ1) is 13.7. The van der Waals surface area contributed by atoms with E-state index in [1.54, 1.807) is 4.90 Å². The van der Waals surface area contributed by atoms with Crippen molar-refractivity contribution in [3.05, 3.63) is 40.7 Å². The van der Waals surface area contributed by atoms with Gasteiger partial charge in [0.25, 0.3) is 0 Å². The number of anilines is 1. The number of hydrogen-bond donors (Lipinski definition) is 1. The number of carbonyl (C=O) groups excluding carboxylic acids is 2. The zero-order chi connectivity index (χ0) is 21.0. The lowest BCUT2D eigenvalue weighted by molar-refractivity contribution is 0.00794. The van der Waals surface area contributed by atoms with Gasteiger partial charge in [0.05, 0.1) is 10.6 Å². The highest BCUT2D eigenvalue weighted by Gasteiger charge is 2.28. The predicted molar refractivity (Wildman–Crippen MR) is 116 cm³/mol. The summed E-state index contributed by atoms with van der Waals surface area (Å²) in [6, 6.07) is 9.33. The summed E-state index contributed by atoms with van der Waals surface area (Å²) in [5.41, 5.74) is 1.10. The van der Waals surface area contributed by atoms with Gasteiger partial charge in [0.1, 0.15) is 11.7 Å². The van der Waals surface area contributed by atoms with Crippen LogP contribution in [0, 0.1) is 0 Å². The molecule has 0 saturated carbocycles. The minimum atomic E-state index is -0.522. The summed E-state index contributed by atoms with van der Waals surface area (Å²) in [5, 5.41) is 5.37. The number of carbonyl (C=O) groups is 2. The van der Waals surface area contributed by atoms with E-state index in [9.17, 15) is 9.59 Å². The smallest absolute Gasteiger partial charge is 0.411 e. The van der Waals surface area contributed by atoms with E-state index in [1.165, 1.54) is 11.3 Å². The van der Waals surface area contributed by atoms with Gasteiger partial charge < -0.3 is 14.4 Å². The van der Waals surface area contributed by atoms with Crippen LogP contribution in [-0.4, -0.2) is 41.9 Å². The van der Waals surface area contributed by atoms with Crippen LogP contribution in [0.2, 0.25) is 5.02 Å². The third-order valence-corrected chi connectivity index (χ3v) is 5.55. The second-order valence-electron chi connectivity index (χ2n) is 7.87. The molecule has 6 nitrogen and oxygen atoms in total. The molecule has 2 aromatic rings. The minimum Gasteiger partial charge on any atom is -0.446 e.